The van der Waals surface area contributed by atoms with Crippen molar-refractivity contribution in [3.63, 3.8) is 0 Å². The Bertz CT molecular complexity index is 1510. The molecule has 2 amide bonds. The molecule has 4 heterocycles. The van der Waals surface area contributed by atoms with Gasteiger partial charge in [-0.3, -0.25) is 23.7 Å². The van der Waals surface area contributed by atoms with Crippen molar-refractivity contribution in [2.24, 2.45) is 0 Å². The molecule has 5 rings (SSSR count). The molecule has 1 aliphatic rings. The summed E-state index contributed by atoms with van der Waals surface area (Å²) in [7, 11) is 0. The van der Waals surface area contributed by atoms with Gasteiger partial charge in [0, 0.05) is 31.7 Å². The van der Waals surface area contributed by atoms with Crippen LogP contribution in [-0.2, 0) is 17.9 Å². The van der Waals surface area contributed by atoms with E-state index in [-0.39, 0.29) is 27.8 Å². The normalized spacial score (nSPS) is 14.8. The van der Waals surface area contributed by atoms with Gasteiger partial charge in [-0.25, -0.2) is 9.97 Å². The molecular weight excluding hydrogens is 476 g/mol. The number of rotatable bonds is 8. The van der Waals surface area contributed by atoms with Crippen molar-refractivity contribution in [1.82, 2.24) is 23.8 Å². The predicted molar refractivity (Wildman–Crippen MR) is 139 cm³/mol. The molecule has 0 aliphatic carbocycles. The quantitative estimate of drug-likeness (QED) is 0.289. The molecule has 9 nitrogen and oxygen atoms in total. The number of thioether (sulfide) groups is 1. The topological polar surface area (TPSA) is 102 Å². The zero-order valence-electron chi connectivity index (χ0n) is 19.6. The molecule has 10 heteroatoms. The Morgan fingerprint density at radius 3 is 2.67 bits per heavy atom. The molecule has 0 bridgehead atoms. The Hall–Kier alpha value is -4.18. The molecule has 1 N–H and O–H groups in total. The second-order valence-corrected chi connectivity index (χ2v) is 9.39. The van der Waals surface area contributed by atoms with Crippen LogP contribution in [0.2, 0.25) is 0 Å². The number of anilines is 1. The molecule has 0 saturated carbocycles. The summed E-state index contributed by atoms with van der Waals surface area (Å²) in [6, 6.07) is 13.0. The zero-order chi connectivity index (χ0) is 25.1. The summed E-state index contributed by atoms with van der Waals surface area (Å²) in [6.45, 7) is 3.38. The third-order valence-corrected chi connectivity index (χ3v) is 6.77. The van der Waals surface area contributed by atoms with Crippen LogP contribution in [0.25, 0.3) is 11.7 Å². The maximum absolute atomic E-state index is 13.5. The second-order valence-electron chi connectivity index (χ2n) is 8.40. The number of hydrogen-bond donors (Lipinski definition) is 1. The van der Waals surface area contributed by atoms with Crippen LogP contribution in [0.4, 0.5) is 10.6 Å². The van der Waals surface area contributed by atoms with E-state index in [4.69, 9.17) is 4.98 Å². The van der Waals surface area contributed by atoms with Crippen molar-refractivity contribution in [1.29, 1.82) is 0 Å². The number of imide groups is 1. The van der Waals surface area contributed by atoms with Gasteiger partial charge in [0.2, 0.25) is 0 Å². The van der Waals surface area contributed by atoms with Gasteiger partial charge in [0.15, 0.2) is 0 Å². The zero-order valence-corrected chi connectivity index (χ0v) is 20.4. The van der Waals surface area contributed by atoms with Gasteiger partial charge in [-0.1, -0.05) is 36.4 Å². The van der Waals surface area contributed by atoms with Crippen molar-refractivity contribution in [2.75, 3.05) is 11.9 Å². The second kappa shape index (κ2) is 10.2. The summed E-state index contributed by atoms with van der Waals surface area (Å²) in [4.78, 5) is 49.4. The Balaban J connectivity index is 1.46. The fraction of sp³-hybridized carbons (Fsp3) is 0.192. The number of hydrogen-bond acceptors (Lipinski definition) is 7. The van der Waals surface area contributed by atoms with E-state index in [0.29, 0.717) is 18.0 Å². The van der Waals surface area contributed by atoms with Crippen LogP contribution in [0.5, 0.6) is 0 Å². The Labute approximate surface area is 211 Å². The number of carbonyl (C=O) groups excluding carboxylic acids is 2. The number of amides is 2. The minimum absolute atomic E-state index is 0.177. The van der Waals surface area contributed by atoms with E-state index in [1.807, 2.05) is 54.1 Å². The van der Waals surface area contributed by atoms with Gasteiger partial charge in [-0.2, -0.15) is 0 Å². The standard InChI is InChI=1S/C26H24N6O3S/c1-18-7-5-13-31-23(18)29-22(28-10-6-12-30-14-11-27-17-30)20(24(31)33)15-21-25(34)32(26(35)36-21)16-19-8-3-2-4-9-19/h2-5,7-9,11,13-15,17,28H,6,10,12,16H2,1H3/b21-15-. The highest BCUT2D eigenvalue weighted by Crippen LogP contribution is 2.33. The van der Waals surface area contributed by atoms with Crippen molar-refractivity contribution >= 4 is 40.4 Å². The predicted octanol–water partition coefficient (Wildman–Crippen LogP) is 3.94. The molecule has 0 unspecified atom stereocenters. The van der Waals surface area contributed by atoms with Gasteiger partial charge >= 0.3 is 0 Å². The molecule has 0 atom stereocenters. The van der Waals surface area contributed by atoms with Gasteiger partial charge in [0.25, 0.3) is 16.7 Å². The van der Waals surface area contributed by atoms with Gasteiger partial charge in [0.1, 0.15) is 11.5 Å². The summed E-state index contributed by atoms with van der Waals surface area (Å²) in [5, 5.41) is 2.90. The van der Waals surface area contributed by atoms with E-state index in [0.717, 1.165) is 35.9 Å². The average Bonchev–Trinajstić information content (AvgIpc) is 3.49. The van der Waals surface area contributed by atoms with Gasteiger partial charge < -0.3 is 9.88 Å². The number of benzene rings is 1. The summed E-state index contributed by atoms with van der Waals surface area (Å²) < 4.78 is 3.43. The van der Waals surface area contributed by atoms with Crippen molar-refractivity contribution in [3.05, 3.63) is 99.3 Å². The molecule has 182 valence electrons. The van der Waals surface area contributed by atoms with Crippen molar-refractivity contribution in [3.8, 4) is 0 Å². The molecule has 3 aromatic heterocycles. The van der Waals surface area contributed by atoms with Crippen molar-refractivity contribution < 1.29 is 9.59 Å². The molecule has 1 saturated heterocycles. The fourth-order valence-electron chi connectivity index (χ4n) is 4.00. The monoisotopic (exact) mass is 500 g/mol. The first kappa shape index (κ1) is 23.6. The third-order valence-electron chi connectivity index (χ3n) is 5.86. The van der Waals surface area contributed by atoms with Gasteiger partial charge in [-0.05, 0) is 48.4 Å². The highest BCUT2D eigenvalue weighted by atomic mass is 32.2. The van der Waals surface area contributed by atoms with E-state index in [1.165, 1.54) is 15.4 Å². The van der Waals surface area contributed by atoms with Crippen LogP contribution >= 0.6 is 11.8 Å². The van der Waals surface area contributed by atoms with E-state index in [9.17, 15) is 14.4 Å². The molecule has 1 aliphatic heterocycles. The van der Waals surface area contributed by atoms with Gasteiger partial charge in [-0.15, -0.1) is 0 Å². The van der Waals surface area contributed by atoms with E-state index >= 15 is 0 Å². The van der Waals surface area contributed by atoms with Gasteiger partial charge in [0.05, 0.1) is 23.3 Å². The largest absolute Gasteiger partial charge is 0.369 e. The van der Waals surface area contributed by atoms with E-state index < -0.39 is 5.91 Å². The molecule has 1 aromatic carbocycles. The summed E-state index contributed by atoms with van der Waals surface area (Å²) in [6.07, 6.45) is 9.28. The Morgan fingerprint density at radius 2 is 1.89 bits per heavy atom. The number of aromatic nitrogens is 4. The van der Waals surface area contributed by atoms with Crippen LogP contribution < -0.4 is 10.9 Å². The van der Waals surface area contributed by atoms with Crippen molar-refractivity contribution in [2.45, 2.75) is 26.4 Å². The maximum atomic E-state index is 13.5. The smallest absolute Gasteiger partial charge is 0.293 e. The number of nitrogens with one attached hydrogen (secondary N) is 1. The minimum atomic E-state index is -0.423. The molecule has 1 fully saturated rings. The molecule has 4 aromatic rings. The first-order valence-corrected chi connectivity index (χ1v) is 12.3. The Morgan fingerprint density at radius 1 is 1.06 bits per heavy atom. The summed E-state index contributed by atoms with van der Waals surface area (Å²) >= 11 is 0.833. The van der Waals surface area contributed by atoms with E-state index in [2.05, 4.69) is 10.3 Å². The lowest BCUT2D eigenvalue weighted by Crippen LogP contribution is -2.27. The van der Waals surface area contributed by atoms with Crippen LogP contribution in [0, 0.1) is 6.92 Å². The number of pyridine rings is 1. The Kier molecular flexibility index (Phi) is 6.68. The molecule has 36 heavy (non-hydrogen) atoms. The first-order chi connectivity index (χ1) is 17.5. The lowest BCUT2D eigenvalue weighted by atomic mass is 10.2. The minimum Gasteiger partial charge on any atom is -0.369 e. The number of imidazole rings is 1. The number of nitrogens with zero attached hydrogens (tertiary/aromatic N) is 5. The van der Waals surface area contributed by atoms with Crippen LogP contribution in [-0.4, -0.2) is 41.5 Å². The van der Waals surface area contributed by atoms with Crippen LogP contribution in [0.15, 0.2) is 77.1 Å². The first-order valence-electron chi connectivity index (χ1n) is 11.5. The molecular formula is C26H24N6O3S. The fourth-order valence-corrected chi connectivity index (χ4v) is 4.82. The highest BCUT2D eigenvalue weighted by Gasteiger charge is 2.35. The van der Waals surface area contributed by atoms with Crippen LogP contribution in [0.1, 0.15) is 23.1 Å². The number of fused-ring (bicyclic) bond motifs is 1. The van der Waals surface area contributed by atoms with Crippen LogP contribution in [0.3, 0.4) is 0 Å². The molecule has 0 radical (unpaired) electrons. The lowest BCUT2D eigenvalue weighted by Gasteiger charge is -2.13. The summed E-state index contributed by atoms with van der Waals surface area (Å²) in [5.74, 6) is -0.0385. The SMILES string of the molecule is Cc1cccn2c(=O)c(/C=C3\SC(=O)N(Cc4ccccc4)C3=O)c(NCCCn3ccnc3)nc12. The summed E-state index contributed by atoms with van der Waals surface area (Å²) in [5.41, 5.74) is 2.17. The van der Waals surface area contributed by atoms with E-state index in [1.54, 1.807) is 24.8 Å². The molecule has 0 spiro atoms. The highest BCUT2D eigenvalue weighted by molar-refractivity contribution is 8.18. The average molecular weight is 501 g/mol. The number of carbonyl (C=O) groups is 2. The third kappa shape index (κ3) is 4.80. The lowest BCUT2D eigenvalue weighted by molar-refractivity contribution is -0.123. The number of aryl methyl sites for hydroxylation is 2. The maximum Gasteiger partial charge on any atom is 0.293 e.